The number of allylic oxidation sites excluding steroid dienone is 6. The highest BCUT2D eigenvalue weighted by molar-refractivity contribution is 7.53. The second kappa shape index (κ2) is 28.1. The van der Waals surface area contributed by atoms with Crippen LogP contribution in [0.25, 0.3) is 0 Å². The van der Waals surface area contributed by atoms with Gasteiger partial charge < -0.3 is 47.8 Å². The highest BCUT2D eigenvalue weighted by Gasteiger charge is 2.53. The molecule has 0 aromatic rings. The van der Waals surface area contributed by atoms with Crippen molar-refractivity contribution in [3.05, 3.63) is 47.6 Å². The average Bonchev–Trinajstić information content (AvgIpc) is 3.32. The number of aliphatic hydroxyl groups excluding tert-OH is 1. The maximum Gasteiger partial charge on any atom is 0.329 e. The Morgan fingerprint density at radius 1 is 0.847 bits per heavy atom. The van der Waals surface area contributed by atoms with Gasteiger partial charge in [-0.2, -0.15) is 0 Å². The van der Waals surface area contributed by atoms with Crippen molar-refractivity contribution < 1.29 is 71.5 Å². The predicted octanol–water partition coefficient (Wildman–Crippen LogP) is 8.45. The van der Waals surface area contributed by atoms with Gasteiger partial charge >= 0.3 is 13.6 Å². The molecule has 4 unspecified atom stereocenters. The third-order valence-electron chi connectivity index (χ3n) is 15.2. The third-order valence-corrected chi connectivity index (χ3v) is 16.6. The lowest BCUT2D eigenvalue weighted by molar-refractivity contribution is -0.265. The molecule has 16 atom stereocenters. The van der Waals surface area contributed by atoms with Crippen LogP contribution in [0.3, 0.4) is 0 Å². The van der Waals surface area contributed by atoms with Crippen LogP contribution in [0.15, 0.2) is 47.6 Å². The Bertz CT molecular complexity index is 2020. The van der Waals surface area contributed by atoms with Crippen LogP contribution < -0.4 is 0 Å². The van der Waals surface area contributed by atoms with Gasteiger partial charge in [0.2, 0.25) is 5.79 Å². The normalized spacial score (nSPS) is 37.5. The lowest BCUT2D eigenvalue weighted by Gasteiger charge is -2.42. The van der Waals surface area contributed by atoms with E-state index in [1.54, 1.807) is 54.9 Å². The van der Waals surface area contributed by atoms with Crippen molar-refractivity contribution in [3.8, 4) is 0 Å². The van der Waals surface area contributed by atoms with Gasteiger partial charge in [0.15, 0.2) is 5.78 Å². The molecule has 1 saturated carbocycles. The summed E-state index contributed by atoms with van der Waals surface area (Å²) in [5, 5.41) is 23.5. The van der Waals surface area contributed by atoms with Crippen LogP contribution in [0.2, 0.25) is 0 Å². The molecule has 17 heteroatoms. The van der Waals surface area contributed by atoms with Crippen molar-refractivity contribution in [1.82, 2.24) is 4.90 Å². The van der Waals surface area contributed by atoms with E-state index >= 15 is 0 Å². The first-order valence-corrected chi connectivity index (χ1v) is 28.3. The van der Waals surface area contributed by atoms with Crippen LogP contribution in [0.1, 0.15) is 139 Å². The lowest BCUT2D eigenvalue weighted by Crippen LogP contribution is -2.61. The number of cyclic esters (lactones) is 1. The van der Waals surface area contributed by atoms with Gasteiger partial charge in [0.1, 0.15) is 30.1 Å². The molecule has 408 valence electrons. The highest BCUT2D eigenvalue weighted by atomic mass is 31.2. The summed E-state index contributed by atoms with van der Waals surface area (Å²) in [5.74, 6) is -8.28. The van der Waals surface area contributed by atoms with E-state index in [9.17, 15) is 38.8 Å². The fourth-order valence-electron chi connectivity index (χ4n) is 10.9. The molecule has 16 nitrogen and oxygen atoms in total. The molecule has 2 saturated heterocycles. The number of aliphatic hydroxyl groups is 2. The Morgan fingerprint density at radius 2 is 1.56 bits per heavy atom. The van der Waals surface area contributed by atoms with E-state index in [0.717, 1.165) is 5.57 Å². The Kier molecular flexibility index (Phi) is 23.9. The summed E-state index contributed by atoms with van der Waals surface area (Å²) in [4.78, 5) is 72.5. The fourth-order valence-corrected chi connectivity index (χ4v) is 12.4. The quantitative estimate of drug-likeness (QED) is 0.0910. The van der Waals surface area contributed by atoms with E-state index in [2.05, 4.69) is 0 Å². The summed E-state index contributed by atoms with van der Waals surface area (Å²) in [6.45, 7) is 17.7. The van der Waals surface area contributed by atoms with Crippen molar-refractivity contribution in [2.45, 2.75) is 200 Å². The predicted molar refractivity (Wildman–Crippen MR) is 274 cm³/mol. The minimum Gasteiger partial charge on any atom is -0.460 e. The van der Waals surface area contributed by atoms with Gasteiger partial charge in [-0.1, -0.05) is 71.1 Å². The Balaban J connectivity index is 1.70. The number of fused-ring (bicyclic) bond motifs is 3. The average molecular weight is 1030 g/mol. The maximum atomic E-state index is 14.5. The van der Waals surface area contributed by atoms with Crippen LogP contribution in [0.5, 0.6) is 0 Å². The summed E-state index contributed by atoms with van der Waals surface area (Å²) in [7, 11) is 1.15. The summed E-state index contributed by atoms with van der Waals surface area (Å²) in [6, 6.07) is -1.17. The third kappa shape index (κ3) is 16.9. The van der Waals surface area contributed by atoms with Gasteiger partial charge in [0, 0.05) is 65.1 Å². The van der Waals surface area contributed by atoms with Gasteiger partial charge in [-0.25, -0.2) is 4.79 Å². The van der Waals surface area contributed by atoms with Gasteiger partial charge in [-0.3, -0.25) is 23.7 Å². The molecule has 4 aliphatic rings. The van der Waals surface area contributed by atoms with Gasteiger partial charge in [-0.05, 0) is 121 Å². The molecule has 2 N–H and O–H groups in total. The number of esters is 1. The molecule has 1 amide bonds. The smallest absolute Gasteiger partial charge is 0.329 e. The molecule has 0 spiro atoms. The van der Waals surface area contributed by atoms with E-state index in [1.165, 1.54) is 18.7 Å². The zero-order valence-electron chi connectivity index (χ0n) is 45.4. The lowest BCUT2D eigenvalue weighted by atomic mass is 9.78. The number of ketones is 3. The minimum absolute atomic E-state index is 0.00576. The molecule has 2 bridgehead atoms. The van der Waals surface area contributed by atoms with Crippen molar-refractivity contribution in [2.75, 3.05) is 34.5 Å². The first kappa shape index (κ1) is 61.4. The first-order chi connectivity index (χ1) is 33.9. The van der Waals surface area contributed by atoms with Gasteiger partial charge in [-0.15, -0.1) is 0 Å². The van der Waals surface area contributed by atoms with Gasteiger partial charge in [0.05, 0.1) is 30.5 Å². The number of carbonyl (C=O) groups is 5. The minimum atomic E-state index is -3.37. The largest absolute Gasteiger partial charge is 0.460 e. The number of hydrogen-bond acceptors (Lipinski definition) is 15. The Labute approximate surface area is 429 Å². The number of hydrogen-bond donors (Lipinski definition) is 2. The number of Topliss-reactive ketones (excluding diaryl/α,β-unsaturated/α-hetero) is 3. The van der Waals surface area contributed by atoms with Crippen molar-refractivity contribution in [1.29, 1.82) is 0 Å². The number of carbonyl (C=O) groups excluding carboxylic acids is 5. The number of ether oxygens (including phenoxy) is 5. The van der Waals surface area contributed by atoms with Crippen LogP contribution >= 0.6 is 7.60 Å². The van der Waals surface area contributed by atoms with Crippen LogP contribution in [0.4, 0.5) is 0 Å². The molecular weight excluding hydrogens is 946 g/mol. The zero-order valence-corrected chi connectivity index (χ0v) is 46.3. The fraction of sp³-hybridized carbons (Fsp3) is 0.764. The number of piperidine rings is 1. The van der Waals surface area contributed by atoms with E-state index in [-0.39, 0.29) is 48.9 Å². The SMILES string of the molecule is CO[C@H]1C[C@@H]2CC[C@@H](C)[C@@](O)(O2)C(=O)C(=O)N2CCCCC2C(=O)OC([C@H](C)CC2CC[C@@H](OP(C)(=O)OC(C)C)[C@H](OC)C2)CC(=O)[C@H](C)/C=C(\C)[C@@H](O)[C@@H](OC)C(=O)[C@H](C)C[C@H](C)/C=C/C=CC=C1C. The number of amides is 1. The number of rotatable bonds is 10. The molecular formula is C55H88NO15P. The Morgan fingerprint density at radius 3 is 2.21 bits per heavy atom. The van der Waals surface area contributed by atoms with Crippen LogP contribution in [-0.2, 0) is 61.3 Å². The topological polar surface area (TPSA) is 211 Å². The summed E-state index contributed by atoms with van der Waals surface area (Å²) in [5.41, 5.74) is 1.24. The summed E-state index contributed by atoms with van der Waals surface area (Å²) < 4.78 is 54.6. The molecule has 72 heavy (non-hydrogen) atoms. The number of nitrogens with zero attached hydrogens (tertiary/aromatic N) is 1. The molecule has 3 heterocycles. The molecule has 1 aliphatic carbocycles. The number of methoxy groups -OCH3 is 3. The van der Waals surface area contributed by atoms with Crippen molar-refractivity contribution >= 4 is 36.8 Å². The Hall–Kier alpha value is -3.18. The van der Waals surface area contributed by atoms with Crippen LogP contribution in [-0.4, -0.2) is 140 Å². The van der Waals surface area contributed by atoms with E-state index in [1.807, 2.05) is 58.1 Å². The molecule has 3 aliphatic heterocycles. The first-order valence-electron chi connectivity index (χ1n) is 26.3. The maximum absolute atomic E-state index is 14.5. The second-order valence-corrected chi connectivity index (χ2v) is 23.6. The molecule has 4 rings (SSSR count). The molecule has 0 aromatic heterocycles. The van der Waals surface area contributed by atoms with Crippen molar-refractivity contribution in [3.63, 3.8) is 0 Å². The summed E-state index contributed by atoms with van der Waals surface area (Å²) in [6.07, 6.45) is 10.5. The monoisotopic (exact) mass is 1030 g/mol. The molecule has 0 aromatic carbocycles. The molecule has 3 fully saturated rings. The second-order valence-electron chi connectivity index (χ2n) is 21.6. The van der Waals surface area contributed by atoms with Gasteiger partial charge in [0.25, 0.3) is 11.7 Å². The van der Waals surface area contributed by atoms with E-state index in [0.29, 0.717) is 69.8 Å². The van der Waals surface area contributed by atoms with Crippen molar-refractivity contribution in [2.24, 2.45) is 35.5 Å². The van der Waals surface area contributed by atoms with Crippen LogP contribution in [0, 0.1) is 35.5 Å². The molecule has 0 radical (unpaired) electrons. The zero-order chi connectivity index (χ0) is 53.7. The summed E-state index contributed by atoms with van der Waals surface area (Å²) >= 11 is 0. The van der Waals surface area contributed by atoms with E-state index < -0.39 is 103 Å². The highest BCUT2D eigenvalue weighted by Crippen LogP contribution is 2.49. The van der Waals surface area contributed by atoms with E-state index in [4.69, 9.17) is 32.7 Å². The standard InChI is InChI=1S/C55H88NO15P/c1-33(2)70-72(13,64)71-45-25-23-41(30-48(45)66-11)29-37(6)47-32-44(57)36(5)28-39(8)50(59)51(67-12)49(58)38(7)27-34(3)19-15-14-16-20-35(4)46(65-10)31-42-24-22-40(9)55(63,69-42)52(60)53(61)56-26-18-17-21-43(56)54(62)68-47/h14-16,19-20,28,33-34,36-38,40-43,45-48,50-51,59,63H,17-18,21-27,29-32H2,1-13H3/b16-14?,19-15+,35-20?,39-28+/t34-,36-,37-,38-,40-,41?,42+,43?,45-,46+,47?,48-,50-,51+,55-,72?/m1/s1.